The summed E-state index contributed by atoms with van der Waals surface area (Å²) in [5.41, 5.74) is 11.5. The third-order valence-electron chi connectivity index (χ3n) is 8.52. The third-order valence-corrected chi connectivity index (χ3v) is 8.52. The summed E-state index contributed by atoms with van der Waals surface area (Å²) in [6.07, 6.45) is 9.63. The highest BCUT2D eigenvalue weighted by molar-refractivity contribution is 6.24. The van der Waals surface area contributed by atoms with Crippen molar-refractivity contribution in [3.05, 3.63) is 84.8 Å². The molecule has 0 saturated carbocycles. The predicted octanol–water partition coefficient (Wildman–Crippen LogP) is 4.05. The number of carbonyl (C=O) groups is 2. The molecule has 0 aromatic carbocycles. The Morgan fingerprint density at radius 1 is 1.03 bits per heavy atom. The number of carbonyl (C=O) groups excluding carboxylic acids is 1. The van der Waals surface area contributed by atoms with E-state index in [0.29, 0.717) is 23.3 Å². The first-order valence-corrected chi connectivity index (χ1v) is 13.1. The van der Waals surface area contributed by atoms with Crippen LogP contribution in [-0.2, 0) is 11.2 Å². The minimum Gasteiger partial charge on any atom is -0.480 e. The van der Waals surface area contributed by atoms with Gasteiger partial charge in [0.1, 0.15) is 5.92 Å². The van der Waals surface area contributed by atoms with Gasteiger partial charge in [-0.1, -0.05) is 26.5 Å². The van der Waals surface area contributed by atoms with Gasteiger partial charge in [-0.05, 0) is 74.1 Å². The number of aromatic amines is 3. The van der Waals surface area contributed by atoms with Crippen molar-refractivity contribution >= 4 is 41.6 Å². The highest BCUT2D eigenvalue weighted by Gasteiger charge is 2.46. The summed E-state index contributed by atoms with van der Waals surface area (Å²) >= 11 is 0. The lowest BCUT2D eigenvalue weighted by Crippen LogP contribution is -2.22. The fraction of sp³-hybridized carbons (Fsp3) is 0.290. The molecule has 1 fully saturated rings. The van der Waals surface area contributed by atoms with E-state index >= 15 is 0 Å². The molecule has 0 radical (unpaired) electrons. The molecular formula is C31H32N4O3. The van der Waals surface area contributed by atoms with Gasteiger partial charge in [-0.15, -0.1) is 0 Å². The number of allylic oxidation sites excluding steroid dienone is 2. The van der Waals surface area contributed by atoms with Crippen molar-refractivity contribution in [1.29, 1.82) is 0 Å². The molecule has 1 aliphatic carbocycles. The summed E-state index contributed by atoms with van der Waals surface area (Å²) in [6.45, 7) is 14.4. The predicted molar refractivity (Wildman–Crippen MR) is 150 cm³/mol. The zero-order valence-corrected chi connectivity index (χ0v) is 22.3. The molecule has 3 aromatic rings. The molecule has 7 nitrogen and oxygen atoms in total. The smallest absolute Gasteiger partial charge is 0.319 e. The molecule has 0 unspecified atom stereocenters. The van der Waals surface area contributed by atoms with Crippen LogP contribution in [0.5, 0.6) is 0 Å². The van der Waals surface area contributed by atoms with Crippen molar-refractivity contribution in [3.8, 4) is 0 Å². The van der Waals surface area contributed by atoms with Crippen molar-refractivity contribution in [2.24, 2.45) is 11.8 Å². The van der Waals surface area contributed by atoms with Gasteiger partial charge in [-0.2, -0.15) is 0 Å². The molecule has 194 valence electrons. The molecular weight excluding hydrogens is 476 g/mol. The van der Waals surface area contributed by atoms with Gasteiger partial charge in [0.25, 0.3) is 0 Å². The maximum absolute atomic E-state index is 13.5. The number of Topliss-reactive ketones (excluding diaryl/α,β-unsaturated/α-hetero) is 1. The Morgan fingerprint density at radius 2 is 1.74 bits per heavy atom. The molecule has 0 amide bonds. The SMILES string of the molecule is C=Cc1c2[nH]c(c1C)/C=C1\N/C(=C3\c4[nH]c(c(C)c4C(=O)[C@@H]3C(=O)O)/C=c3\[nH]/c(c(C)c3CC)=C\2)C[C@@H]1C. The lowest BCUT2D eigenvalue weighted by molar-refractivity contribution is -0.138. The largest absolute Gasteiger partial charge is 0.480 e. The van der Waals surface area contributed by atoms with E-state index in [0.717, 1.165) is 62.3 Å². The quantitative estimate of drug-likeness (QED) is 0.344. The van der Waals surface area contributed by atoms with E-state index in [-0.39, 0.29) is 11.7 Å². The molecule has 3 aromatic heterocycles. The van der Waals surface area contributed by atoms with Gasteiger partial charge >= 0.3 is 5.97 Å². The van der Waals surface area contributed by atoms with Crippen LogP contribution in [0.25, 0.3) is 29.9 Å². The normalized spacial score (nSPS) is 24.8. The lowest BCUT2D eigenvalue weighted by atomic mass is 9.95. The second kappa shape index (κ2) is 8.38. The van der Waals surface area contributed by atoms with Gasteiger partial charge in [0.05, 0.1) is 5.69 Å². The molecule has 3 aliphatic rings. The Labute approximate surface area is 220 Å². The number of aliphatic carboxylic acids is 1. The summed E-state index contributed by atoms with van der Waals surface area (Å²) in [6, 6.07) is 0. The van der Waals surface area contributed by atoms with Gasteiger partial charge in [-0.25, -0.2) is 0 Å². The van der Waals surface area contributed by atoms with Crippen molar-refractivity contribution < 1.29 is 14.7 Å². The summed E-state index contributed by atoms with van der Waals surface area (Å²) in [5, 5.41) is 15.6. The van der Waals surface area contributed by atoms with Crippen LogP contribution in [0.3, 0.4) is 0 Å². The molecule has 38 heavy (non-hydrogen) atoms. The lowest BCUT2D eigenvalue weighted by Gasteiger charge is -2.11. The number of ketones is 1. The molecule has 2 atom stereocenters. The molecule has 1 saturated heterocycles. The zero-order valence-electron chi connectivity index (χ0n) is 22.3. The van der Waals surface area contributed by atoms with Crippen LogP contribution in [0.2, 0.25) is 0 Å². The minimum absolute atomic E-state index is 0.131. The Hall–Kier alpha value is -4.26. The molecule has 5 heterocycles. The highest BCUT2D eigenvalue weighted by Crippen LogP contribution is 2.44. The number of rotatable bonds is 3. The maximum Gasteiger partial charge on any atom is 0.319 e. The Bertz CT molecular complexity index is 1770. The van der Waals surface area contributed by atoms with E-state index in [1.54, 1.807) is 0 Å². The molecule has 0 spiro atoms. The molecule has 8 bridgehead atoms. The summed E-state index contributed by atoms with van der Waals surface area (Å²) in [7, 11) is 0. The summed E-state index contributed by atoms with van der Waals surface area (Å²) < 4.78 is 0. The standard InChI is InChI=1S/C31H32N4O3/c1-7-17-14(4)20-10-19-13(3)9-25(32-19)27-28(31(37)38)30(36)26-16(6)22(35-29(26)27)12-24-18(8-2)15(5)21(34-24)11-23(17)33-20/h7,10-13,28,32-35H,1,8-9H2,2-6H3,(H,37,38)/b19-10-,21-11-,24-12-,27-25-/t13-,28+/m0/s1. The van der Waals surface area contributed by atoms with Crippen LogP contribution >= 0.6 is 0 Å². The summed E-state index contributed by atoms with van der Waals surface area (Å²) in [5.74, 6) is -2.57. The van der Waals surface area contributed by atoms with E-state index in [4.69, 9.17) is 0 Å². The first kappa shape index (κ1) is 24.1. The number of hydrogen-bond donors (Lipinski definition) is 5. The van der Waals surface area contributed by atoms with Crippen LogP contribution in [0.15, 0.2) is 18.0 Å². The first-order chi connectivity index (χ1) is 18.1. The molecule has 7 heteroatoms. The second-order valence-corrected chi connectivity index (χ2v) is 10.7. The number of fused-ring (bicyclic) bond motifs is 7. The van der Waals surface area contributed by atoms with Crippen LogP contribution in [0.4, 0.5) is 0 Å². The average molecular weight is 509 g/mol. The maximum atomic E-state index is 13.5. The van der Waals surface area contributed by atoms with E-state index in [1.807, 2.05) is 19.1 Å². The van der Waals surface area contributed by atoms with Gasteiger partial charge in [0.15, 0.2) is 5.78 Å². The molecule has 6 rings (SSSR count). The van der Waals surface area contributed by atoms with Crippen molar-refractivity contribution in [2.45, 2.75) is 47.5 Å². The zero-order chi connectivity index (χ0) is 27.0. The number of carboxylic acids is 1. The molecule has 5 N–H and O–H groups in total. The Kier molecular flexibility index (Phi) is 5.31. The number of H-pyrrole nitrogens is 3. The topological polar surface area (TPSA) is 114 Å². The number of hydrogen-bond acceptors (Lipinski definition) is 3. The van der Waals surface area contributed by atoms with Gasteiger partial charge in [0.2, 0.25) is 0 Å². The fourth-order valence-corrected chi connectivity index (χ4v) is 6.39. The van der Waals surface area contributed by atoms with Crippen molar-refractivity contribution in [3.63, 3.8) is 0 Å². The Balaban J connectivity index is 1.74. The van der Waals surface area contributed by atoms with Gasteiger partial charge < -0.3 is 25.4 Å². The van der Waals surface area contributed by atoms with Crippen LogP contribution in [-0.4, -0.2) is 31.8 Å². The van der Waals surface area contributed by atoms with Crippen LogP contribution < -0.4 is 16.0 Å². The number of nitrogens with one attached hydrogen (secondary N) is 4. The van der Waals surface area contributed by atoms with E-state index in [1.165, 1.54) is 11.1 Å². The average Bonchev–Trinajstić information content (AvgIpc) is 3.61. The summed E-state index contributed by atoms with van der Waals surface area (Å²) in [4.78, 5) is 36.5. The van der Waals surface area contributed by atoms with Gasteiger partial charge in [-0.3, -0.25) is 9.59 Å². The second-order valence-electron chi connectivity index (χ2n) is 10.7. The van der Waals surface area contributed by atoms with Crippen molar-refractivity contribution in [1.82, 2.24) is 20.3 Å². The Morgan fingerprint density at radius 3 is 2.42 bits per heavy atom. The van der Waals surface area contributed by atoms with E-state index < -0.39 is 11.9 Å². The van der Waals surface area contributed by atoms with Gasteiger partial charge in [0, 0.05) is 61.8 Å². The van der Waals surface area contributed by atoms with Crippen molar-refractivity contribution in [2.75, 3.05) is 0 Å². The third kappa shape index (κ3) is 3.27. The monoisotopic (exact) mass is 508 g/mol. The number of carboxylic acid groups (broad SMARTS) is 1. The van der Waals surface area contributed by atoms with E-state index in [2.05, 4.69) is 66.7 Å². The number of aromatic nitrogens is 3. The first-order valence-electron chi connectivity index (χ1n) is 13.1. The highest BCUT2D eigenvalue weighted by atomic mass is 16.4. The fourth-order valence-electron chi connectivity index (χ4n) is 6.39. The van der Waals surface area contributed by atoms with E-state index in [9.17, 15) is 14.7 Å². The molecule has 2 aliphatic heterocycles. The van der Waals surface area contributed by atoms with Crippen LogP contribution in [0, 0.1) is 32.6 Å². The van der Waals surface area contributed by atoms with Crippen LogP contribution in [0.1, 0.15) is 81.2 Å². The minimum atomic E-state index is -1.22.